The van der Waals surface area contributed by atoms with Crippen molar-refractivity contribution in [2.24, 2.45) is 0 Å². The summed E-state index contributed by atoms with van der Waals surface area (Å²) in [6.07, 6.45) is 5.93. The molecule has 2 N–H and O–H groups in total. The average molecular weight is 590 g/mol. The Hall–Kier alpha value is -4.47. The van der Waals surface area contributed by atoms with Gasteiger partial charge in [-0.15, -0.1) is 0 Å². The van der Waals surface area contributed by atoms with Crippen molar-refractivity contribution in [3.63, 3.8) is 0 Å². The van der Waals surface area contributed by atoms with Crippen molar-refractivity contribution in [1.82, 2.24) is 14.9 Å². The van der Waals surface area contributed by atoms with Gasteiger partial charge in [-0.3, -0.25) is 9.78 Å². The lowest BCUT2D eigenvalue weighted by molar-refractivity contribution is 0.00578. The van der Waals surface area contributed by atoms with E-state index >= 15 is 0 Å². The van der Waals surface area contributed by atoms with Gasteiger partial charge < -0.3 is 24.8 Å². The topological polar surface area (TPSA) is 88.6 Å². The smallest absolute Gasteiger partial charge is 0.399 e. The van der Waals surface area contributed by atoms with Gasteiger partial charge in [0.15, 0.2) is 0 Å². The summed E-state index contributed by atoms with van der Waals surface area (Å²) >= 11 is 0. The quantitative estimate of drug-likeness (QED) is 0.215. The second-order valence-corrected chi connectivity index (χ2v) is 12.2. The molecule has 0 spiro atoms. The maximum atomic E-state index is 13.3. The first-order valence-corrected chi connectivity index (χ1v) is 14.8. The molecule has 1 fully saturated rings. The fourth-order valence-corrected chi connectivity index (χ4v) is 4.93. The van der Waals surface area contributed by atoms with Gasteiger partial charge >= 0.3 is 7.12 Å². The summed E-state index contributed by atoms with van der Waals surface area (Å²) in [6, 6.07) is 19.7. The third kappa shape index (κ3) is 6.54. The Kier molecular flexibility index (Phi) is 8.63. The Bertz CT molecular complexity index is 1650. The third-order valence-electron chi connectivity index (χ3n) is 8.42. The number of rotatable bonds is 9. The molecule has 0 atom stereocenters. The Morgan fingerprint density at radius 1 is 0.864 bits per heavy atom. The number of hydrogen-bond donors (Lipinski definition) is 2. The van der Waals surface area contributed by atoms with Gasteiger partial charge in [0.05, 0.1) is 35.0 Å². The van der Waals surface area contributed by atoms with Crippen LogP contribution in [0.4, 0.5) is 17.2 Å². The zero-order chi connectivity index (χ0) is 31.6. The lowest BCUT2D eigenvalue weighted by Gasteiger charge is -2.32. The maximum Gasteiger partial charge on any atom is 0.495 e. The van der Waals surface area contributed by atoms with Crippen LogP contribution < -0.4 is 16.1 Å². The zero-order valence-electron chi connectivity index (χ0n) is 26.6. The lowest BCUT2D eigenvalue weighted by atomic mass is 9.74. The number of carbonyl (C=O) groups excluding carboxylic acids is 1. The molecule has 1 saturated heterocycles. The number of anilines is 3. The number of carbonyl (C=O) groups is 1. The Morgan fingerprint density at radius 3 is 2.11 bits per heavy atom. The van der Waals surface area contributed by atoms with Crippen LogP contribution in [0.25, 0.3) is 16.8 Å². The van der Waals surface area contributed by atoms with E-state index in [4.69, 9.17) is 9.31 Å². The first kappa shape index (κ1) is 31.0. The van der Waals surface area contributed by atoms with E-state index in [0.29, 0.717) is 22.8 Å². The average Bonchev–Trinajstić information content (AvgIpc) is 3.23. The minimum absolute atomic E-state index is 0.243. The number of nitrogens with one attached hydrogen (secondary N) is 2. The monoisotopic (exact) mass is 589 g/mol. The fraction of sp³-hybridized carbons (Fsp3) is 0.286. The summed E-state index contributed by atoms with van der Waals surface area (Å²) in [7, 11) is 3.42. The van der Waals surface area contributed by atoms with Crippen LogP contribution in [-0.2, 0) is 15.7 Å². The van der Waals surface area contributed by atoms with Gasteiger partial charge in [0.25, 0.3) is 5.91 Å². The molecule has 44 heavy (non-hydrogen) atoms. The number of pyridine rings is 2. The summed E-state index contributed by atoms with van der Waals surface area (Å²) < 4.78 is 12.6. The molecule has 3 heterocycles. The highest BCUT2D eigenvalue weighted by molar-refractivity contribution is 6.62. The van der Waals surface area contributed by atoms with Crippen LogP contribution in [0.5, 0.6) is 0 Å². The minimum Gasteiger partial charge on any atom is -0.399 e. The van der Waals surface area contributed by atoms with Crippen LogP contribution in [0.2, 0.25) is 0 Å². The van der Waals surface area contributed by atoms with Crippen LogP contribution in [0, 0.1) is 0 Å². The standard InChI is InChI=1S/C35H40BN5O3/c1-9-24-10-15-27(18-31(24)36-43-34(3,4)35(5,6)44-36)33(42)40-30-19-29(21-37-22-30)39-32-17-16-28(20-38-32)26-13-11-25(12-14-26)23(2)41(7)8/h10-22H,2,9H2,1,3-8H3,(H,38,39)(H,40,42). The molecule has 0 aliphatic carbocycles. The van der Waals surface area contributed by atoms with E-state index in [1.807, 2.05) is 89.3 Å². The third-order valence-corrected chi connectivity index (χ3v) is 8.42. The number of amides is 1. The molecule has 226 valence electrons. The Labute approximate surface area is 260 Å². The van der Waals surface area contributed by atoms with E-state index in [0.717, 1.165) is 39.8 Å². The maximum absolute atomic E-state index is 13.3. The molecule has 9 heteroatoms. The zero-order valence-corrected chi connectivity index (χ0v) is 26.6. The van der Waals surface area contributed by atoms with Crippen LogP contribution in [-0.4, -0.2) is 53.2 Å². The molecular formula is C35H40BN5O3. The Morgan fingerprint density at radius 2 is 1.50 bits per heavy atom. The fourth-order valence-electron chi connectivity index (χ4n) is 4.93. The molecule has 0 unspecified atom stereocenters. The second kappa shape index (κ2) is 12.3. The van der Waals surface area contributed by atoms with E-state index in [-0.39, 0.29) is 5.91 Å². The predicted molar refractivity (Wildman–Crippen MR) is 179 cm³/mol. The summed E-state index contributed by atoms with van der Waals surface area (Å²) in [5.41, 5.74) is 6.91. The molecule has 0 bridgehead atoms. The van der Waals surface area contributed by atoms with Gasteiger partial charge in [0.1, 0.15) is 5.82 Å². The first-order valence-electron chi connectivity index (χ1n) is 14.8. The normalized spacial score (nSPS) is 15.1. The van der Waals surface area contributed by atoms with Gasteiger partial charge in [-0.25, -0.2) is 4.98 Å². The number of aromatic nitrogens is 2. The largest absolute Gasteiger partial charge is 0.495 e. The minimum atomic E-state index is -0.543. The predicted octanol–water partition coefficient (Wildman–Crippen LogP) is 6.53. The second-order valence-electron chi connectivity index (χ2n) is 12.2. The van der Waals surface area contributed by atoms with Crippen LogP contribution >= 0.6 is 0 Å². The number of nitrogens with zero attached hydrogens (tertiary/aromatic N) is 3. The van der Waals surface area contributed by atoms with E-state index in [9.17, 15) is 4.79 Å². The van der Waals surface area contributed by atoms with Crippen molar-refractivity contribution in [3.05, 3.63) is 103 Å². The Balaban J connectivity index is 1.26. The van der Waals surface area contributed by atoms with Gasteiger partial charge in [-0.1, -0.05) is 43.8 Å². The summed E-state index contributed by atoms with van der Waals surface area (Å²) in [4.78, 5) is 24.2. The summed E-state index contributed by atoms with van der Waals surface area (Å²) in [5, 5.41) is 6.24. The summed E-state index contributed by atoms with van der Waals surface area (Å²) in [5.74, 6) is 0.422. The SMILES string of the molecule is C=C(c1ccc(-c2ccc(Nc3cncc(NC(=O)c4ccc(CC)c(B5OC(C)(C)C(C)(C)O5)c4)c3)nc2)cc1)N(C)C. The molecule has 1 aliphatic heterocycles. The molecule has 1 aliphatic rings. The first-order chi connectivity index (χ1) is 20.9. The van der Waals surface area contributed by atoms with E-state index in [1.54, 1.807) is 12.4 Å². The van der Waals surface area contributed by atoms with E-state index in [2.05, 4.69) is 58.4 Å². The molecule has 2 aromatic carbocycles. The van der Waals surface area contributed by atoms with Gasteiger partial charge in [0.2, 0.25) is 0 Å². The lowest BCUT2D eigenvalue weighted by Crippen LogP contribution is -2.41. The molecule has 0 saturated carbocycles. The van der Waals surface area contributed by atoms with Crippen molar-refractivity contribution in [2.45, 2.75) is 52.2 Å². The number of benzene rings is 2. The molecule has 8 nitrogen and oxygen atoms in total. The van der Waals surface area contributed by atoms with Gasteiger partial charge in [0, 0.05) is 37.1 Å². The highest BCUT2D eigenvalue weighted by Crippen LogP contribution is 2.37. The number of aryl methyl sites for hydroxylation is 1. The highest BCUT2D eigenvalue weighted by atomic mass is 16.7. The van der Waals surface area contributed by atoms with Gasteiger partial charge in [-0.2, -0.15) is 0 Å². The summed E-state index contributed by atoms with van der Waals surface area (Å²) in [6.45, 7) is 14.3. The van der Waals surface area contributed by atoms with Crippen molar-refractivity contribution >= 4 is 41.4 Å². The van der Waals surface area contributed by atoms with Crippen molar-refractivity contribution in [3.8, 4) is 11.1 Å². The highest BCUT2D eigenvalue weighted by Gasteiger charge is 2.52. The van der Waals surface area contributed by atoms with Crippen molar-refractivity contribution < 1.29 is 14.1 Å². The van der Waals surface area contributed by atoms with Crippen molar-refractivity contribution in [1.29, 1.82) is 0 Å². The molecule has 2 aromatic heterocycles. The van der Waals surface area contributed by atoms with Crippen LogP contribution in [0.3, 0.4) is 0 Å². The van der Waals surface area contributed by atoms with Crippen LogP contribution in [0.15, 0.2) is 85.8 Å². The van der Waals surface area contributed by atoms with Gasteiger partial charge in [-0.05, 0) is 86.6 Å². The molecular weight excluding hydrogens is 549 g/mol. The number of hydrogen-bond acceptors (Lipinski definition) is 7. The molecule has 1 amide bonds. The van der Waals surface area contributed by atoms with E-state index in [1.165, 1.54) is 0 Å². The van der Waals surface area contributed by atoms with E-state index < -0.39 is 18.3 Å². The molecule has 4 aromatic rings. The van der Waals surface area contributed by atoms with Crippen molar-refractivity contribution in [2.75, 3.05) is 24.7 Å². The molecule has 5 rings (SSSR count). The molecule has 0 radical (unpaired) electrons. The van der Waals surface area contributed by atoms with Crippen LogP contribution in [0.1, 0.15) is 56.1 Å².